The summed E-state index contributed by atoms with van der Waals surface area (Å²) in [7, 11) is 1.80. The Hall–Kier alpha value is -0.160. The lowest BCUT2D eigenvalue weighted by Crippen LogP contribution is -2.42. The molecular weight excluding hydrogens is 194 g/mol. The zero-order valence-electron chi connectivity index (χ0n) is 9.70. The van der Waals surface area contributed by atoms with Gasteiger partial charge in [-0.2, -0.15) is 0 Å². The molecule has 0 radical (unpaired) electrons. The van der Waals surface area contributed by atoms with E-state index < -0.39 is 11.7 Å². The number of ether oxygens (including phenoxy) is 1. The molecule has 1 aliphatic rings. The lowest BCUT2D eigenvalue weighted by Gasteiger charge is -2.36. The first kappa shape index (κ1) is 12.9. The number of nitrogens with one attached hydrogen (secondary N) is 1. The van der Waals surface area contributed by atoms with E-state index in [1.54, 1.807) is 7.05 Å². The topological polar surface area (TPSA) is 61.7 Å². The van der Waals surface area contributed by atoms with Crippen LogP contribution in [-0.2, 0) is 4.74 Å². The van der Waals surface area contributed by atoms with Gasteiger partial charge in [-0.1, -0.05) is 0 Å². The number of aliphatic hydroxyl groups excluding tert-OH is 1. The zero-order chi connectivity index (χ0) is 11.3. The minimum Gasteiger partial charge on any atom is -0.392 e. The Balaban J connectivity index is 2.41. The minimum absolute atomic E-state index is 0.248. The standard InChI is InChI=1S/C11H23NO3/c1-11(14,7-10(13)8-12-2)9-3-5-15-6-4-9/h9-10,12-14H,3-8H2,1-2H3/t10-,11-/m1/s1. The molecule has 0 saturated carbocycles. The summed E-state index contributed by atoms with van der Waals surface area (Å²) in [5, 5.41) is 22.9. The van der Waals surface area contributed by atoms with Crippen molar-refractivity contribution >= 4 is 0 Å². The highest BCUT2D eigenvalue weighted by Crippen LogP contribution is 2.30. The molecule has 4 nitrogen and oxygen atoms in total. The molecule has 0 aliphatic carbocycles. The van der Waals surface area contributed by atoms with Crippen molar-refractivity contribution in [2.75, 3.05) is 26.8 Å². The molecule has 0 amide bonds. The number of hydrogen-bond donors (Lipinski definition) is 3. The van der Waals surface area contributed by atoms with Crippen LogP contribution in [0, 0.1) is 5.92 Å². The first-order chi connectivity index (χ1) is 7.06. The fraction of sp³-hybridized carbons (Fsp3) is 1.00. The molecule has 15 heavy (non-hydrogen) atoms. The maximum atomic E-state index is 10.3. The molecule has 90 valence electrons. The van der Waals surface area contributed by atoms with Crippen molar-refractivity contribution in [3.8, 4) is 0 Å². The lowest BCUT2D eigenvalue weighted by atomic mass is 9.80. The predicted molar refractivity (Wildman–Crippen MR) is 58.7 cm³/mol. The van der Waals surface area contributed by atoms with Crippen LogP contribution in [0.5, 0.6) is 0 Å². The Morgan fingerprint density at radius 1 is 1.47 bits per heavy atom. The summed E-state index contributed by atoms with van der Waals surface area (Å²) in [4.78, 5) is 0. The average molecular weight is 217 g/mol. The maximum Gasteiger partial charge on any atom is 0.0691 e. The van der Waals surface area contributed by atoms with Crippen molar-refractivity contribution in [3.63, 3.8) is 0 Å². The van der Waals surface area contributed by atoms with Gasteiger partial charge in [0.1, 0.15) is 0 Å². The third-order valence-corrected chi connectivity index (χ3v) is 3.19. The van der Waals surface area contributed by atoms with Gasteiger partial charge >= 0.3 is 0 Å². The number of likely N-dealkylation sites (N-methyl/N-ethyl adjacent to an activating group) is 1. The van der Waals surface area contributed by atoms with E-state index in [2.05, 4.69) is 5.32 Å². The van der Waals surface area contributed by atoms with Gasteiger partial charge in [0.15, 0.2) is 0 Å². The molecule has 0 aromatic carbocycles. The summed E-state index contributed by atoms with van der Waals surface area (Å²) < 4.78 is 5.26. The SMILES string of the molecule is CNC[C@H](O)C[C@@](C)(O)C1CCOCC1. The predicted octanol–water partition coefficient (Wildman–Crippen LogP) is 0.134. The molecule has 3 N–H and O–H groups in total. The molecule has 0 aromatic rings. The molecule has 0 bridgehead atoms. The summed E-state index contributed by atoms with van der Waals surface area (Å²) in [6.45, 7) is 3.80. The molecule has 1 aliphatic heterocycles. The van der Waals surface area contributed by atoms with E-state index in [9.17, 15) is 10.2 Å². The highest BCUT2D eigenvalue weighted by Gasteiger charge is 2.34. The van der Waals surface area contributed by atoms with E-state index in [0.717, 1.165) is 26.1 Å². The number of rotatable bonds is 5. The Labute approximate surface area is 91.6 Å². The van der Waals surface area contributed by atoms with E-state index >= 15 is 0 Å². The smallest absolute Gasteiger partial charge is 0.0691 e. The fourth-order valence-electron chi connectivity index (χ4n) is 2.27. The van der Waals surface area contributed by atoms with Gasteiger partial charge in [0.25, 0.3) is 0 Å². The van der Waals surface area contributed by atoms with Gasteiger partial charge in [-0.15, -0.1) is 0 Å². The van der Waals surface area contributed by atoms with Crippen molar-refractivity contribution < 1.29 is 14.9 Å². The van der Waals surface area contributed by atoms with E-state index in [0.29, 0.717) is 13.0 Å². The van der Waals surface area contributed by atoms with Crippen LogP contribution in [0.15, 0.2) is 0 Å². The van der Waals surface area contributed by atoms with Crippen LogP contribution in [0.3, 0.4) is 0 Å². The molecule has 1 heterocycles. The second-order valence-corrected chi connectivity index (χ2v) is 4.66. The quantitative estimate of drug-likeness (QED) is 0.613. The van der Waals surface area contributed by atoms with Crippen molar-refractivity contribution in [1.82, 2.24) is 5.32 Å². The Morgan fingerprint density at radius 2 is 2.07 bits per heavy atom. The zero-order valence-corrected chi connectivity index (χ0v) is 9.70. The minimum atomic E-state index is -0.778. The van der Waals surface area contributed by atoms with Crippen LogP contribution in [0.4, 0.5) is 0 Å². The van der Waals surface area contributed by atoms with Crippen molar-refractivity contribution in [2.45, 2.75) is 37.9 Å². The highest BCUT2D eigenvalue weighted by molar-refractivity contribution is 4.86. The molecule has 2 atom stereocenters. The molecule has 0 aromatic heterocycles. The van der Waals surface area contributed by atoms with Crippen LogP contribution in [0.1, 0.15) is 26.2 Å². The largest absolute Gasteiger partial charge is 0.392 e. The maximum absolute atomic E-state index is 10.3. The second kappa shape index (κ2) is 5.80. The molecule has 1 rings (SSSR count). The summed E-state index contributed by atoms with van der Waals surface area (Å²) in [5.74, 6) is 0.248. The Bertz CT molecular complexity index is 179. The van der Waals surface area contributed by atoms with Crippen LogP contribution in [0.25, 0.3) is 0 Å². The monoisotopic (exact) mass is 217 g/mol. The van der Waals surface area contributed by atoms with Gasteiger partial charge in [0.05, 0.1) is 11.7 Å². The van der Waals surface area contributed by atoms with Gasteiger partial charge in [-0.05, 0) is 32.7 Å². The first-order valence-electron chi connectivity index (χ1n) is 5.69. The second-order valence-electron chi connectivity index (χ2n) is 4.66. The number of aliphatic hydroxyl groups is 2. The van der Waals surface area contributed by atoms with Gasteiger partial charge < -0.3 is 20.3 Å². The Morgan fingerprint density at radius 3 is 2.60 bits per heavy atom. The van der Waals surface area contributed by atoms with Gasteiger partial charge in [0, 0.05) is 26.2 Å². The molecule has 4 heteroatoms. The van der Waals surface area contributed by atoms with Gasteiger partial charge in [-0.25, -0.2) is 0 Å². The van der Waals surface area contributed by atoms with E-state index in [1.807, 2.05) is 6.92 Å². The highest BCUT2D eigenvalue weighted by atomic mass is 16.5. The van der Waals surface area contributed by atoms with Crippen molar-refractivity contribution in [1.29, 1.82) is 0 Å². The molecule has 0 spiro atoms. The summed E-state index contributed by atoms with van der Waals surface area (Å²) in [5.41, 5.74) is -0.778. The van der Waals surface area contributed by atoms with Crippen molar-refractivity contribution in [3.05, 3.63) is 0 Å². The van der Waals surface area contributed by atoms with Crippen LogP contribution >= 0.6 is 0 Å². The first-order valence-corrected chi connectivity index (χ1v) is 5.69. The van der Waals surface area contributed by atoms with E-state index in [4.69, 9.17) is 4.74 Å². The summed E-state index contributed by atoms with van der Waals surface area (Å²) >= 11 is 0. The lowest BCUT2D eigenvalue weighted by molar-refractivity contribution is -0.0772. The molecule has 1 saturated heterocycles. The average Bonchev–Trinajstić information content (AvgIpc) is 2.18. The molecular formula is C11H23NO3. The van der Waals surface area contributed by atoms with Crippen LogP contribution in [-0.4, -0.2) is 48.7 Å². The summed E-state index contributed by atoms with van der Waals surface area (Å²) in [6, 6.07) is 0. The van der Waals surface area contributed by atoms with Crippen LogP contribution in [0.2, 0.25) is 0 Å². The summed E-state index contributed by atoms with van der Waals surface area (Å²) in [6.07, 6.45) is 1.73. The third kappa shape index (κ3) is 4.07. The fourth-order valence-corrected chi connectivity index (χ4v) is 2.27. The number of hydrogen-bond acceptors (Lipinski definition) is 4. The van der Waals surface area contributed by atoms with E-state index in [-0.39, 0.29) is 5.92 Å². The normalized spacial score (nSPS) is 24.8. The van der Waals surface area contributed by atoms with Gasteiger partial charge in [-0.3, -0.25) is 0 Å². The van der Waals surface area contributed by atoms with Crippen molar-refractivity contribution in [2.24, 2.45) is 5.92 Å². The Kier molecular flexibility index (Phi) is 4.99. The molecule has 1 fully saturated rings. The van der Waals surface area contributed by atoms with Gasteiger partial charge in [0.2, 0.25) is 0 Å². The van der Waals surface area contributed by atoms with E-state index in [1.165, 1.54) is 0 Å². The third-order valence-electron chi connectivity index (χ3n) is 3.19. The van der Waals surface area contributed by atoms with Crippen LogP contribution < -0.4 is 5.32 Å². The molecule has 0 unspecified atom stereocenters.